The van der Waals surface area contributed by atoms with Crippen molar-refractivity contribution in [3.05, 3.63) is 59.7 Å². The molecule has 166 valence electrons. The van der Waals surface area contributed by atoms with E-state index in [2.05, 4.69) is 26.8 Å². The van der Waals surface area contributed by atoms with Crippen LogP contribution in [0.15, 0.2) is 58.3 Å². The summed E-state index contributed by atoms with van der Waals surface area (Å²) >= 11 is 1.35. The standard InChI is InChI=1S/C26H28N2O3S/c1-25(2)12-19-13-26(3,16-25)17-28(19)23(29)15-31-24(30)20-9-5-7-11-22(20)32-21-10-6-4-8-18(21)14-27/h4-11,19H,12-13,15-17H2,1-3H3. The van der Waals surface area contributed by atoms with Gasteiger partial charge in [0.05, 0.1) is 11.1 Å². The van der Waals surface area contributed by atoms with Gasteiger partial charge in [-0.1, -0.05) is 56.8 Å². The Bertz CT molecular complexity index is 1090. The van der Waals surface area contributed by atoms with Crippen molar-refractivity contribution in [2.45, 2.75) is 55.9 Å². The molecular weight excluding hydrogens is 420 g/mol. The maximum Gasteiger partial charge on any atom is 0.339 e. The molecule has 0 spiro atoms. The van der Waals surface area contributed by atoms with Crippen molar-refractivity contribution in [3.8, 4) is 6.07 Å². The lowest BCUT2D eigenvalue weighted by atomic mass is 9.65. The highest BCUT2D eigenvalue weighted by Crippen LogP contribution is 2.52. The van der Waals surface area contributed by atoms with Crippen LogP contribution in [0.2, 0.25) is 0 Å². The number of hydrogen-bond donors (Lipinski definition) is 0. The minimum atomic E-state index is -0.524. The lowest BCUT2D eigenvalue weighted by Gasteiger charge is -2.39. The molecule has 1 aliphatic carbocycles. The van der Waals surface area contributed by atoms with Crippen LogP contribution in [-0.2, 0) is 9.53 Å². The fourth-order valence-corrected chi connectivity index (χ4v) is 6.55. The largest absolute Gasteiger partial charge is 0.452 e. The van der Waals surface area contributed by atoms with Crippen molar-refractivity contribution in [3.63, 3.8) is 0 Å². The van der Waals surface area contributed by atoms with Gasteiger partial charge in [-0.05, 0) is 54.4 Å². The number of esters is 1. The molecule has 2 bridgehead atoms. The van der Waals surface area contributed by atoms with Crippen molar-refractivity contribution in [2.24, 2.45) is 10.8 Å². The van der Waals surface area contributed by atoms with Crippen molar-refractivity contribution >= 4 is 23.6 Å². The van der Waals surface area contributed by atoms with Gasteiger partial charge < -0.3 is 9.64 Å². The van der Waals surface area contributed by atoms with Crippen molar-refractivity contribution in [1.82, 2.24) is 4.90 Å². The average Bonchev–Trinajstić information content (AvgIpc) is 3.01. The number of rotatable bonds is 5. The third-order valence-corrected chi connectivity index (χ3v) is 7.55. The molecule has 6 heteroatoms. The SMILES string of the molecule is CC1(C)CC2CC(C)(CN2C(=O)COC(=O)c2ccccc2Sc2ccccc2C#N)C1. The second-order valence-electron chi connectivity index (χ2n) is 10.0. The monoisotopic (exact) mass is 448 g/mol. The summed E-state index contributed by atoms with van der Waals surface area (Å²) in [6.45, 7) is 7.27. The van der Waals surface area contributed by atoms with Gasteiger partial charge in [0.25, 0.3) is 5.91 Å². The zero-order valence-corrected chi connectivity index (χ0v) is 19.6. The van der Waals surface area contributed by atoms with Gasteiger partial charge in [0.15, 0.2) is 6.61 Å². The summed E-state index contributed by atoms with van der Waals surface area (Å²) in [4.78, 5) is 29.2. The van der Waals surface area contributed by atoms with Crippen LogP contribution in [0.3, 0.4) is 0 Å². The second kappa shape index (κ2) is 8.63. The number of likely N-dealkylation sites (tertiary alicyclic amines) is 1. The van der Waals surface area contributed by atoms with E-state index in [4.69, 9.17) is 4.74 Å². The number of amides is 1. The molecule has 2 atom stereocenters. The Hall–Kier alpha value is -2.78. The third-order valence-electron chi connectivity index (χ3n) is 6.40. The number of carbonyl (C=O) groups excluding carboxylic acids is 2. The van der Waals surface area contributed by atoms with Gasteiger partial charge >= 0.3 is 5.97 Å². The molecule has 1 saturated heterocycles. The first kappa shape index (κ1) is 22.4. The van der Waals surface area contributed by atoms with E-state index in [0.29, 0.717) is 16.0 Å². The summed E-state index contributed by atoms with van der Waals surface area (Å²) in [6, 6.07) is 16.8. The minimum Gasteiger partial charge on any atom is -0.452 e. The lowest BCUT2D eigenvalue weighted by Crippen LogP contribution is -2.39. The van der Waals surface area contributed by atoms with Crippen molar-refractivity contribution in [1.29, 1.82) is 5.26 Å². The van der Waals surface area contributed by atoms with Gasteiger partial charge in [-0.25, -0.2) is 4.79 Å². The molecule has 4 rings (SSSR count). The highest BCUT2D eigenvalue weighted by molar-refractivity contribution is 7.99. The number of fused-ring (bicyclic) bond motifs is 2. The second-order valence-corrected chi connectivity index (χ2v) is 11.1. The Balaban J connectivity index is 1.43. The van der Waals surface area contributed by atoms with E-state index in [1.165, 1.54) is 11.8 Å². The predicted molar refractivity (Wildman–Crippen MR) is 123 cm³/mol. The quantitative estimate of drug-likeness (QED) is 0.581. The van der Waals surface area contributed by atoms with E-state index >= 15 is 0 Å². The van der Waals surface area contributed by atoms with E-state index in [0.717, 1.165) is 30.7 Å². The molecule has 2 unspecified atom stereocenters. The summed E-state index contributed by atoms with van der Waals surface area (Å²) < 4.78 is 5.46. The fraction of sp³-hybridized carbons (Fsp3) is 0.423. The molecule has 1 saturated carbocycles. The molecular formula is C26H28N2O3S. The first-order valence-corrected chi connectivity index (χ1v) is 11.7. The Kier molecular flexibility index (Phi) is 6.05. The summed E-state index contributed by atoms with van der Waals surface area (Å²) in [5.41, 5.74) is 1.31. The van der Waals surface area contributed by atoms with Gasteiger partial charge in [-0.15, -0.1) is 0 Å². The van der Waals surface area contributed by atoms with E-state index in [1.54, 1.807) is 18.2 Å². The molecule has 1 aliphatic heterocycles. The number of ether oxygens (including phenoxy) is 1. The molecule has 2 aromatic carbocycles. The topological polar surface area (TPSA) is 70.4 Å². The van der Waals surface area contributed by atoms with Crippen LogP contribution in [0.25, 0.3) is 0 Å². The minimum absolute atomic E-state index is 0.121. The Morgan fingerprint density at radius 1 is 1.09 bits per heavy atom. The third kappa shape index (κ3) is 4.68. The first-order chi connectivity index (χ1) is 15.2. The number of nitrogens with zero attached hydrogens (tertiary/aromatic N) is 2. The normalized spacial score (nSPS) is 23.4. The molecule has 0 aromatic heterocycles. The van der Waals surface area contributed by atoms with Crippen molar-refractivity contribution in [2.75, 3.05) is 13.2 Å². The summed E-state index contributed by atoms with van der Waals surface area (Å²) in [6.07, 6.45) is 3.11. The Labute approximate surface area is 193 Å². The van der Waals surface area contributed by atoms with Crippen LogP contribution in [0.5, 0.6) is 0 Å². The van der Waals surface area contributed by atoms with Crippen LogP contribution in [-0.4, -0.2) is 36.0 Å². The van der Waals surface area contributed by atoms with Crippen LogP contribution in [0, 0.1) is 22.2 Å². The molecule has 0 radical (unpaired) electrons. The zero-order chi connectivity index (χ0) is 22.9. The molecule has 0 N–H and O–H groups in total. The average molecular weight is 449 g/mol. The van der Waals surface area contributed by atoms with E-state index in [-0.39, 0.29) is 29.4 Å². The highest BCUT2D eigenvalue weighted by Gasteiger charge is 2.50. The van der Waals surface area contributed by atoms with Gasteiger partial charge in [-0.3, -0.25) is 4.79 Å². The molecule has 1 heterocycles. The van der Waals surface area contributed by atoms with E-state index in [9.17, 15) is 14.9 Å². The Morgan fingerprint density at radius 3 is 2.53 bits per heavy atom. The smallest absolute Gasteiger partial charge is 0.339 e. The molecule has 1 amide bonds. The summed E-state index contributed by atoms with van der Waals surface area (Å²) in [7, 11) is 0. The van der Waals surface area contributed by atoms with Gasteiger partial charge in [0.1, 0.15) is 6.07 Å². The predicted octanol–water partition coefficient (Wildman–Crippen LogP) is 5.29. The summed E-state index contributed by atoms with van der Waals surface area (Å²) in [5, 5.41) is 9.34. The van der Waals surface area contributed by atoms with E-state index < -0.39 is 5.97 Å². The maximum atomic E-state index is 12.9. The van der Waals surface area contributed by atoms with Crippen LogP contribution in [0.4, 0.5) is 0 Å². The van der Waals surface area contributed by atoms with Crippen LogP contribution in [0.1, 0.15) is 56.0 Å². The molecule has 2 aliphatic rings. The molecule has 32 heavy (non-hydrogen) atoms. The first-order valence-electron chi connectivity index (χ1n) is 10.9. The fourth-order valence-electron chi connectivity index (χ4n) is 5.53. The number of benzene rings is 2. The van der Waals surface area contributed by atoms with Crippen LogP contribution < -0.4 is 0 Å². The highest BCUT2D eigenvalue weighted by atomic mass is 32.2. The van der Waals surface area contributed by atoms with E-state index in [1.807, 2.05) is 35.2 Å². The number of hydrogen-bond acceptors (Lipinski definition) is 5. The summed E-state index contributed by atoms with van der Waals surface area (Å²) in [5.74, 6) is -0.644. The van der Waals surface area contributed by atoms with Gasteiger partial charge in [0.2, 0.25) is 0 Å². The molecule has 5 nitrogen and oxygen atoms in total. The molecule has 2 aromatic rings. The van der Waals surface area contributed by atoms with Crippen LogP contribution >= 0.6 is 11.8 Å². The molecule has 2 fully saturated rings. The zero-order valence-electron chi connectivity index (χ0n) is 18.8. The maximum absolute atomic E-state index is 12.9. The lowest BCUT2D eigenvalue weighted by molar-refractivity contribution is -0.135. The number of carbonyl (C=O) groups is 2. The van der Waals surface area contributed by atoms with Gasteiger partial charge in [-0.2, -0.15) is 5.26 Å². The van der Waals surface area contributed by atoms with Crippen molar-refractivity contribution < 1.29 is 14.3 Å². The Morgan fingerprint density at radius 2 is 1.78 bits per heavy atom. The number of nitriles is 1. The van der Waals surface area contributed by atoms with Gasteiger partial charge in [0, 0.05) is 22.4 Å².